The number of benzene rings is 1. The van der Waals surface area contributed by atoms with Crippen molar-refractivity contribution in [1.29, 1.82) is 0 Å². The van der Waals surface area contributed by atoms with Gasteiger partial charge in [0.25, 0.3) is 5.91 Å². The second-order valence-electron chi connectivity index (χ2n) is 5.89. The maximum Gasteiger partial charge on any atom is 0.260 e. The SMILES string of the molecule is CC1CC(C(Cl)c2ccc3c(c2)C(=O)N(C)C(=O)C3)CO1. The molecule has 3 rings (SSSR count). The summed E-state index contributed by atoms with van der Waals surface area (Å²) in [5.41, 5.74) is 2.30. The minimum atomic E-state index is -0.247. The normalized spacial score (nSPS) is 26.9. The zero-order chi connectivity index (χ0) is 15.1. The van der Waals surface area contributed by atoms with Crippen molar-refractivity contribution in [1.82, 2.24) is 4.90 Å². The highest BCUT2D eigenvalue weighted by atomic mass is 35.5. The van der Waals surface area contributed by atoms with Crippen LogP contribution in [-0.2, 0) is 16.0 Å². The summed E-state index contributed by atoms with van der Waals surface area (Å²) in [6.07, 6.45) is 1.44. The van der Waals surface area contributed by atoms with Crippen molar-refractivity contribution in [3.05, 3.63) is 34.9 Å². The molecule has 0 bridgehead atoms. The second kappa shape index (κ2) is 5.43. The van der Waals surface area contributed by atoms with Crippen molar-refractivity contribution < 1.29 is 14.3 Å². The number of carbonyl (C=O) groups is 2. The molecule has 0 N–H and O–H groups in total. The monoisotopic (exact) mass is 307 g/mol. The maximum absolute atomic E-state index is 12.2. The molecule has 1 aromatic carbocycles. The summed E-state index contributed by atoms with van der Waals surface area (Å²) in [5.74, 6) is -0.151. The summed E-state index contributed by atoms with van der Waals surface area (Å²) in [7, 11) is 1.52. The average Bonchev–Trinajstić information content (AvgIpc) is 2.90. The molecule has 0 radical (unpaired) electrons. The molecule has 4 nitrogen and oxygen atoms in total. The first-order valence-corrected chi connectivity index (χ1v) is 7.60. The number of amides is 2. The molecule has 1 fully saturated rings. The van der Waals surface area contributed by atoms with E-state index in [4.69, 9.17) is 16.3 Å². The minimum absolute atomic E-state index is 0.166. The Morgan fingerprint density at radius 3 is 2.81 bits per heavy atom. The molecular formula is C16H18ClNO3. The molecule has 2 heterocycles. The molecule has 1 saturated heterocycles. The molecule has 1 aromatic rings. The Balaban J connectivity index is 1.89. The lowest BCUT2D eigenvalue weighted by Crippen LogP contribution is -2.39. The first-order valence-electron chi connectivity index (χ1n) is 7.16. The number of halogens is 1. The van der Waals surface area contributed by atoms with Crippen LogP contribution in [0.4, 0.5) is 0 Å². The third-order valence-electron chi connectivity index (χ3n) is 4.35. The Morgan fingerprint density at radius 1 is 1.38 bits per heavy atom. The molecule has 3 unspecified atom stereocenters. The highest BCUT2D eigenvalue weighted by Crippen LogP contribution is 2.37. The van der Waals surface area contributed by atoms with Crippen molar-refractivity contribution in [2.45, 2.75) is 31.2 Å². The highest BCUT2D eigenvalue weighted by molar-refractivity contribution is 6.21. The van der Waals surface area contributed by atoms with Gasteiger partial charge in [-0.25, -0.2) is 0 Å². The molecule has 5 heteroatoms. The van der Waals surface area contributed by atoms with E-state index in [-0.39, 0.29) is 35.6 Å². The van der Waals surface area contributed by atoms with E-state index in [9.17, 15) is 9.59 Å². The number of hydrogen-bond acceptors (Lipinski definition) is 3. The fourth-order valence-electron chi connectivity index (χ4n) is 3.02. The summed E-state index contributed by atoms with van der Waals surface area (Å²) in [5, 5.41) is -0.170. The smallest absolute Gasteiger partial charge is 0.260 e. The highest BCUT2D eigenvalue weighted by Gasteiger charge is 2.32. The van der Waals surface area contributed by atoms with Crippen LogP contribution in [0.1, 0.15) is 40.2 Å². The van der Waals surface area contributed by atoms with E-state index < -0.39 is 0 Å². The number of imide groups is 1. The molecule has 0 spiro atoms. The first-order chi connectivity index (χ1) is 9.97. The molecule has 0 aliphatic carbocycles. The van der Waals surface area contributed by atoms with Gasteiger partial charge in [-0.05, 0) is 30.5 Å². The largest absolute Gasteiger partial charge is 0.378 e. The van der Waals surface area contributed by atoms with Crippen LogP contribution >= 0.6 is 11.6 Å². The van der Waals surface area contributed by atoms with E-state index >= 15 is 0 Å². The Morgan fingerprint density at radius 2 is 2.14 bits per heavy atom. The lowest BCUT2D eigenvalue weighted by atomic mass is 9.91. The molecular weight excluding hydrogens is 290 g/mol. The summed E-state index contributed by atoms with van der Waals surface area (Å²) >= 11 is 6.56. The van der Waals surface area contributed by atoms with Gasteiger partial charge in [-0.1, -0.05) is 12.1 Å². The topological polar surface area (TPSA) is 46.6 Å². The number of ether oxygens (including phenoxy) is 1. The Bertz CT molecular complexity index is 601. The summed E-state index contributed by atoms with van der Waals surface area (Å²) in [4.78, 5) is 25.1. The van der Waals surface area contributed by atoms with E-state index in [2.05, 4.69) is 0 Å². The van der Waals surface area contributed by atoms with E-state index in [0.29, 0.717) is 12.2 Å². The van der Waals surface area contributed by atoms with Crippen LogP contribution in [0.25, 0.3) is 0 Å². The van der Waals surface area contributed by atoms with E-state index in [1.165, 1.54) is 11.9 Å². The van der Waals surface area contributed by atoms with Crippen molar-refractivity contribution in [3.63, 3.8) is 0 Å². The number of nitrogens with zero attached hydrogens (tertiary/aromatic N) is 1. The predicted octanol–water partition coefficient (Wildman–Crippen LogP) is 2.55. The molecule has 2 amide bonds. The third-order valence-corrected chi connectivity index (χ3v) is 4.95. The number of carbonyl (C=O) groups excluding carboxylic acids is 2. The quantitative estimate of drug-likeness (QED) is 0.623. The Labute approximate surface area is 129 Å². The van der Waals surface area contributed by atoms with Gasteiger partial charge in [0.1, 0.15) is 0 Å². The van der Waals surface area contributed by atoms with Gasteiger partial charge in [0.05, 0.1) is 24.5 Å². The van der Waals surface area contributed by atoms with Crippen LogP contribution in [0.3, 0.4) is 0 Å². The average molecular weight is 308 g/mol. The zero-order valence-corrected chi connectivity index (χ0v) is 12.9. The van der Waals surface area contributed by atoms with Gasteiger partial charge in [-0.2, -0.15) is 0 Å². The van der Waals surface area contributed by atoms with E-state index in [0.717, 1.165) is 17.5 Å². The van der Waals surface area contributed by atoms with Crippen molar-refractivity contribution in [2.24, 2.45) is 5.92 Å². The molecule has 3 atom stereocenters. The van der Waals surface area contributed by atoms with Gasteiger partial charge in [-0.3, -0.25) is 14.5 Å². The number of rotatable bonds is 2. The van der Waals surface area contributed by atoms with Gasteiger partial charge >= 0.3 is 0 Å². The molecule has 2 aliphatic heterocycles. The van der Waals surface area contributed by atoms with Crippen molar-refractivity contribution >= 4 is 23.4 Å². The molecule has 0 saturated carbocycles. The number of fused-ring (bicyclic) bond motifs is 1. The predicted molar refractivity (Wildman–Crippen MR) is 79.4 cm³/mol. The summed E-state index contributed by atoms with van der Waals surface area (Å²) in [6, 6.07) is 5.61. The van der Waals surface area contributed by atoms with Gasteiger partial charge < -0.3 is 4.74 Å². The molecule has 2 aliphatic rings. The van der Waals surface area contributed by atoms with Crippen LogP contribution in [0.2, 0.25) is 0 Å². The minimum Gasteiger partial charge on any atom is -0.378 e. The molecule has 0 aromatic heterocycles. The van der Waals surface area contributed by atoms with Crippen LogP contribution in [0.5, 0.6) is 0 Å². The van der Waals surface area contributed by atoms with Crippen LogP contribution in [0, 0.1) is 5.92 Å². The third kappa shape index (κ3) is 2.58. The van der Waals surface area contributed by atoms with Crippen LogP contribution < -0.4 is 0 Å². The lowest BCUT2D eigenvalue weighted by molar-refractivity contribution is -0.127. The number of alkyl halides is 1. The standard InChI is InChI=1S/C16H18ClNO3/c1-9-5-12(8-21-9)15(17)11-4-3-10-7-14(19)18(2)16(20)13(10)6-11/h3-4,6,9,12,15H,5,7-8H2,1-2H3. The van der Waals surface area contributed by atoms with Gasteiger partial charge in [0.15, 0.2) is 0 Å². The fourth-order valence-corrected chi connectivity index (χ4v) is 3.33. The van der Waals surface area contributed by atoms with Crippen LogP contribution in [0.15, 0.2) is 18.2 Å². The van der Waals surface area contributed by atoms with Gasteiger partial charge in [0, 0.05) is 18.5 Å². The fraction of sp³-hybridized carbons (Fsp3) is 0.500. The second-order valence-corrected chi connectivity index (χ2v) is 6.36. The first kappa shape index (κ1) is 14.5. The zero-order valence-electron chi connectivity index (χ0n) is 12.1. The van der Waals surface area contributed by atoms with Crippen molar-refractivity contribution in [3.8, 4) is 0 Å². The molecule has 21 heavy (non-hydrogen) atoms. The van der Waals surface area contributed by atoms with Gasteiger partial charge in [0.2, 0.25) is 5.91 Å². The molecule has 112 valence electrons. The maximum atomic E-state index is 12.2. The Kier molecular flexibility index (Phi) is 3.76. The summed E-state index contributed by atoms with van der Waals surface area (Å²) in [6.45, 7) is 2.69. The number of likely N-dealkylation sites (N-methyl/N-ethyl adjacent to an activating group) is 1. The van der Waals surface area contributed by atoms with E-state index in [1.807, 2.05) is 25.1 Å². The number of hydrogen-bond donors (Lipinski definition) is 0. The lowest BCUT2D eigenvalue weighted by Gasteiger charge is -2.25. The van der Waals surface area contributed by atoms with Gasteiger partial charge in [-0.15, -0.1) is 11.6 Å². The van der Waals surface area contributed by atoms with Crippen molar-refractivity contribution in [2.75, 3.05) is 13.7 Å². The van der Waals surface area contributed by atoms with Crippen LogP contribution in [-0.4, -0.2) is 36.5 Å². The van der Waals surface area contributed by atoms with E-state index in [1.54, 1.807) is 0 Å². The summed E-state index contributed by atoms with van der Waals surface area (Å²) < 4.78 is 5.57. The Hall–Kier alpha value is -1.39.